The van der Waals surface area contributed by atoms with Gasteiger partial charge in [0, 0.05) is 23.7 Å². The molecule has 2 unspecified atom stereocenters. The van der Waals surface area contributed by atoms with Crippen LogP contribution in [0.2, 0.25) is 5.02 Å². The third kappa shape index (κ3) is 3.22. The van der Waals surface area contributed by atoms with E-state index in [0.717, 1.165) is 19.3 Å². The fraction of sp³-hybridized carbons (Fsp3) is 0.500. The van der Waals surface area contributed by atoms with Gasteiger partial charge < -0.3 is 5.73 Å². The van der Waals surface area contributed by atoms with Gasteiger partial charge in [-0.15, -0.1) is 0 Å². The molecular formula is C14H18ClN3O2S. The van der Waals surface area contributed by atoms with Gasteiger partial charge in [0.2, 0.25) is 10.0 Å². The summed E-state index contributed by atoms with van der Waals surface area (Å²) >= 11 is 5.90. The van der Waals surface area contributed by atoms with Crippen molar-refractivity contribution in [3.8, 4) is 6.07 Å². The van der Waals surface area contributed by atoms with E-state index >= 15 is 0 Å². The Hall–Kier alpha value is -1.13. The van der Waals surface area contributed by atoms with E-state index < -0.39 is 10.0 Å². The van der Waals surface area contributed by atoms with Crippen molar-refractivity contribution in [1.82, 2.24) is 4.31 Å². The number of nitrogens with zero attached hydrogens (tertiary/aromatic N) is 2. The Morgan fingerprint density at radius 3 is 2.81 bits per heavy atom. The standard InChI is InChI=1S/C14H18ClN3O2S/c1-10(17)13-4-2-3-7-18(13)21(19,20)14-8-12(15)6-5-11(14)9-16/h5-6,8,10,13H,2-4,7,17H2,1H3. The summed E-state index contributed by atoms with van der Waals surface area (Å²) in [6, 6.07) is 5.69. The molecule has 0 bridgehead atoms. The lowest BCUT2D eigenvalue weighted by molar-refractivity contribution is 0.227. The molecule has 0 saturated carbocycles. The van der Waals surface area contributed by atoms with Crippen molar-refractivity contribution in [2.24, 2.45) is 5.73 Å². The maximum Gasteiger partial charge on any atom is 0.244 e. The molecule has 7 heteroatoms. The van der Waals surface area contributed by atoms with Crippen LogP contribution in [-0.2, 0) is 10.0 Å². The predicted octanol–water partition coefficient (Wildman–Crippen LogP) is 2.10. The van der Waals surface area contributed by atoms with Crippen LogP contribution in [0, 0.1) is 11.3 Å². The minimum Gasteiger partial charge on any atom is -0.326 e. The van der Waals surface area contributed by atoms with Crippen molar-refractivity contribution in [2.75, 3.05) is 6.54 Å². The molecule has 0 aliphatic carbocycles. The van der Waals surface area contributed by atoms with E-state index in [4.69, 9.17) is 22.6 Å². The van der Waals surface area contributed by atoms with Gasteiger partial charge in [-0.25, -0.2) is 8.42 Å². The Kier molecular flexibility index (Phi) is 4.89. The fourth-order valence-electron chi connectivity index (χ4n) is 2.68. The van der Waals surface area contributed by atoms with Gasteiger partial charge >= 0.3 is 0 Å². The van der Waals surface area contributed by atoms with Crippen LogP contribution < -0.4 is 5.73 Å². The zero-order valence-electron chi connectivity index (χ0n) is 11.8. The summed E-state index contributed by atoms with van der Waals surface area (Å²) in [5.74, 6) is 0. The Morgan fingerprint density at radius 1 is 1.48 bits per heavy atom. The normalized spacial score (nSPS) is 21.7. The summed E-state index contributed by atoms with van der Waals surface area (Å²) in [6.45, 7) is 2.23. The average Bonchev–Trinajstić information content (AvgIpc) is 2.47. The molecule has 0 aromatic heterocycles. The zero-order valence-corrected chi connectivity index (χ0v) is 13.4. The number of sulfonamides is 1. The number of nitrogens with two attached hydrogens (primary N) is 1. The largest absolute Gasteiger partial charge is 0.326 e. The Labute approximate surface area is 130 Å². The number of hydrogen-bond donors (Lipinski definition) is 1. The van der Waals surface area contributed by atoms with Crippen molar-refractivity contribution >= 4 is 21.6 Å². The smallest absolute Gasteiger partial charge is 0.244 e. The molecule has 1 heterocycles. The molecule has 1 aliphatic rings. The second-order valence-corrected chi connectivity index (χ2v) is 7.59. The molecule has 1 aromatic carbocycles. The number of hydrogen-bond acceptors (Lipinski definition) is 4. The van der Waals surface area contributed by atoms with Gasteiger partial charge in [0.05, 0.1) is 5.56 Å². The summed E-state index contributed by atoms with van der Waals surface area (Å²) in [7, 11) is -3.78. The van der Waals surface area contributed by atoms with E-state index in [9.17, 15) is 8.42 Å². The average molecular weight is 328 g/mol. The summed E-state index contributed by atoms with van der Waals surface area (Å²) in [5.41, 5.74) is 6.04. The molecule has 1 aromatic rings. The summed E-state index contributed by atoms with van der Waals surface area (Å²) in [5, 5.41) is 9.44. The number of benzene rings is 1. The van der Waals surface area contributed by atoms with Crippen LogP contribution in [-0.4, -0.2) is 31.4 Å². The molecule has 2 N–H and O–H groups in total. The van der Waals surface area contributed by atoms with Crippen molar-refractivity contribution < 1.29 is 8.42 Å². The molecule has 0 spiro atoms. The Bertz CT molecular complexity index is 667. The number of piperidine rings is 1. The van der Waals surface area contributed by atoms with Gasteiger partial charge in [0.25, 0.3) is 0 Å². The van der Waals surface area contributed by atoms with Crippen LogP contribution in [0.25, 0.3) is 0 Å². The zero-order chi connectivity index (χ0) is 15.6. The van der Waals surface area contributed by atoms with E-state index in [0.29, 0.717) is 11.6 Å². The molecule has 1 saturated heterocycles. The van der Waals surface area contributed by atoms with Crippen molar-refractivity contribution in [1.29, 1.82) is 5.26 Å². The third-order valence-corrected chi connectivity index (χ3v) is 5.96. The molecule has 1 fully saturated rings. The molecular weight excluding hydrogens is 310 g/mol. The van der Waals surface area contributed by atoms with E-state index in [-0.39, 0.29) is 22.5 Å². The molecule has 114 valence electrons. The fourth-order valence-corrected chi connectivity index (χ4v) is 4.86. The minimum atomic E-state index is -3.78. The van der Waals surface area contributed by atoms with E-state index in [1.54, 1.807) is 0 Å². The topological polar surface area (TPSA) is 87.2 Å². The lowest BCUT2D eigenvalue weighted by atomic mass is 10.00. The van der Waals surface area contributed by atoms with E-state index in [1.165, 1.54) is 22.5 Å². The van der Waals surface area contributed by atoms with Crippen LogP contribution in [0.3, 0.4) is 0 Å². The first-order valence-electron chi connectivity index (χ1n) is 6.85. The monoisotopic (exact) mass is 327 g/mol. The van der Waals surface area contributed by atoms with E-state index in [2.05, 4.69) is 0 Å². The highest BCUT2D eigenvalue weighted by Crippen LogP contribution is 2.29. The highest BCUT2D eigenvalue weighted by atomic mass is 35.5. The lowest BCUT2D eigenvalue weighted by Gasteiger charge is -2.37. The van der Waals surface area contributed by atoms with Gasteiger partial charge in [0.1, 0.15) is 11.0 Å². The van der Waals surface area contributed by atoms with Gasteiger partial charge in [0.15, 0.2) is 0 Å². The molecule has 1 aliphatic heterocycles. The molecule has 0 radical (unpaired) electrons. The highest BCUT2D eigenvalue weighted by molar-refractivity contribution is 7.89. The van der Waals surface area contributed by atoms with Gasteiger partial charge in [-0.3, -0.25) is 0 Å². The summed E-state index contributed by atoms with van der Waals surface area (Å²) < 4.78 is 27.2. The number of rotatable bonds is 3. The van der Waals surface area contributed by atoms with Gasteiger partial charge in [-0.2, -0.15) is 9.57 Å². The van der Waals surface area contributed by atoms with Gasteiger partial charge in [-0.05, 0) is 38.0 Å². The second-order valence-electron chi connectivity index (χ2n) is 5.29. The lowest BCUT2D eigenvalue weighted by Crippen LogP contribution is -2.51. The maximum atomic E-state index is 12.9. The maximum absolute atomic E-state index is 12.9. The third-order valence-electron chi connectivity index (χ3n) is 3.76. The summed E-state index contributed by atoms with van der Waals surface area (Å²) in [4.78, 5) is -0.0370. The van der Waals surface area contributed by atoms with Crippen LogP contribution in [0.15, 0.2) is 23.1 Å². The Balaban J connectivity index is 2.51. The first-order chi connectivity index (χ1) is 9.87. The van der Waals surface area contributed by atoms with Crippen LogP contribution in [0.1, 0.15) is 31.7 Å². The van der Waals surface area contributed by atoms with Crippen molar-refractivity contribution in [3.63, 3.8) is 0 Å². The SMILES string of the molecule is CC(N)C1CCCCN1S(=O)(=O)c1cc(Cl)ccc1C#N. The number of halogens is 1. The molecule has 5 nitrogen and oxygen atoms in total. The van der Waals surface area contributed by atoms with E-state index in [1.807, 2.05) is 13.0 Å². The predicted molar refractivity (Wildman–Crippen MR) is 81.3 cm³/mol. The van der Waals surface area contributed by atoms with Crippen LogP contribution in [0.5, 0.6) is 0 Å². The Morgan fingerprint density at radius 2 is 2.19 bits per heavy atom. The van der Waals surface area contributed by atoms with Crippen LogP contribution in [0.4, 0.5) is 0 Å². The number of nitriles is 1. The molecule has 2 rings (SSSR count). The second kappa shape index (κ2) is 6.32. The van der Waals surface area contributed by atoms with Crippen molar-refractivity contribution in [2.45, 2.75) is 43.2 Å². The minimum absolute atomic E-state index is 0.0370. The van der Waals surface area contributed by atoms with Gasteiger partial charge in [-0.1, -0.05) is 18.0 Å². The van der Waals surface area contributed by atoms with Crippen LogP contribution >= 0.6 is 11.6 Å². The molecule has 21 heavy (non-hydrogen) atoms. The first kappa shape index (κ1) is 16.2. The quantitative estimate of drug-likeness (QED) is 0.921. The first-order valence-corrected chi connectivity index (χ1v) is 8.67. The molecule has 0 amide bonds. The molecule has 2 atom stereocenters. The highest BCUT2D eigenvalue weighted by Gasteiger charge is 2.36. The summed E-state index contributed by atoms with van der Waals surface area (Å²) in [6.07, 6.45) is 2.49. The van der Waals surface area contributed by atoms with Crippen molar-refractivity contribution in [3.05, 3.63) is 28.8 Å².